The molecule has 8 heteroatoms. The zero-order chi connectivity index (χ0) is 17.6. The molecule has 0 amide bonds. The Labute approximate surface area is 164 Å². The zero-order valence-electron chi connectivity index (χ0n) is 13.3. The highest BCUT2D eigenvalue weighted by Gasteiger charge is 2.07. The largest absolute Gasteiger partial charge is 0.491 e. The summed E-state index contributed by atoms with van der Waals surface area (Å²) in [5, 5.41) is 13.5. The lowest BCUT2D eigenvalue weighted by atomic mass is 10.2. The molecule has 0 bridgehead atoms. The molecule has 0 atom stereocenters. The summed E-state index contributed by atoms with van der Waals surface area (Å²) in [5.74, 6) is 1.38. The van der Waals surface area contributed by atoms with Crippen LogP contribution >= 0.6 is 46.3 Å². The van der Waals surface area contributed by atoms with Crippen molar-refractivity contribution in [1.82, 2.24) is 10.2 Å². The maximum Gasteiger partial charge on any atom is 0.210 e. The quantitative estimate of drug-likeness (QED) is 0.377. The molecule has 0 saturated heterocycles. The number of nitrogens with zero attached hydrogens (tertiary/aromatic N) is 2. The number of para-hydroxylation sites is 1. The van der Waals surface area contributed by atoms with Crippen LogP contribution in [-0.4, -0.2) is 22.6 Å². The van der Waals surface area contributed by atoms with E-state index in [-0.39, 0.29) is 0 Å². The molecule has 0 aliphatic heterocycles. The Morgan fingerprint density at radius 2 is 2.00 bits per heavy atom. The maximum atomic E-state index is 6.07. The third-order valence-electron chi connectivity index (χ3n) is 3.25. The van der Waals surface area contributed by atoms with Crippen LogP contribution in [0.2, 0.25) is 10.0 Å². The number of aryl methyl sites for hydroxylation is 1. The van der Waals surface area contributed by atoms with Crippen LogP contribution in [0.4, 0.5) is 10.8 Å². The predicted molar refractivity (Wildman–Crippen MR) is 107 cm³/mol. The molecule has 0 aliphatic carbocycles. The van der Waals surface area contributed by atoms with E-state index >= 15 is 0 Å². The first-order chi connectivity index (χ1) is 12.1. The Hall–Kier alpha value is -1.47. The van der Waals surface area contributed by atoms with E-state index in [0.717, 1.165) is 20.9 Å². The maximum absolute atomic E-state index is 6.07. The molecular formula is C17H15Cl2N3OS2. The highest BCUT2D eigenvalue weighted by atomic mass is 35.5. The van der Waals surface area contributed by atoms with E-state index in [9.17, 15) is 0 Å². The summed E-state index contributed by atoms with van der Waals surface area (Å²) in [7, 11) is 0. The molecule has 0 fully saturated rings. The Kier molecular flexibility index (Phi) is 6.42. The van der Waals surface area contributed by atoms with Gasteiger partial charge in [-0.05, 0) is 36.8 Å². The zero-order valence-corrected chi connectivity index (χ0v) is 16.5. The number of anilines is 2. The Morgan fingerprint density at radius 1 is 1.16 bits per heavy atom. The fourth-order valence-corrected chi connectivity index (χ4v) is 4.13. The molecule has 130 valence electrons. The highest BCUT2D eigenvalue weighted by Crippen LogP contribution is 2.30. The third-order valence-corrected chi connectivity index (χ3v) is 5.72. The summed E-state index contributed by atoms with van der Waals surface area (Å²) in [4.78, 5) is 0. The van der Waals surface area contributed by atoms with Crippen LogP contribution in [0, 0.1) is 6.92 Å². The second-order valence-electron chi connectivity index (χ2n) is 5.08. The molecular weight excluding hydrogens is 397 g/mol. The molecule has 1 heterocycles. The Balaban J connectivity index is 1.48. The van der Waals surface area contributed by atoms with Gasteiger partial charge in [0.1, 0.15) is 5.75 Å². The van der Waals surface area contributed by atoms with Crippen molar-refractivity contribution >= 4 is 57.1 Å². The van der Waals surface area contributed by atoms with Crippen LogP contribution in [0.3, 0.4) is 0 Å². The van der Waals surface area contributed by atoms with Gasteiger partial charge in [0.2, 0.25) is 5.13 Å². The molecule has 4 nitrogen and oxygen atoms in total. The molecule has 2 aromatic carbocycles. The number of hydrogen-bond donors (Lipinski definition) is 1. The van der Waals surface area contributed by atoms with Gasteiger partial charge in [-0.1, -0.05) is 64.5 Å². The van der Waals surface area contributed by atoms with Crippen molar-refractivity contribution in [2.24, 2.45) is 0 Å². The Morgan fingerprint density at radius 3 is 2.80 bits per heavy atom. The third kappa shape index (κ3) is 5.25. The van der Waals surface area contributed by atoms with Crippen molar-refractivity contribution in [2.45, 2.75) is 11.3 Å². The summed E-state index contributed by atoms with van der Waals surface area (Å²) in [5.41, 5.74) is 2.20. The standard InChI is InChI=1S/C17H15Cl2N3OS2/c1-11-4-2-3-5-14(11)20-16-21-22-17(25-16)24-9-8-23-15-7-6-12(18)10-13(15)19/h2-7,10H,8-9H2,1H3,(H,20,21). The fraction of sp³-hybridized carbons (Fsp3) is 0.176. The SMILES string of the molecule is Cc1ccccc1Nc1nnc(SCCOc2ccc(Cl)cc2Cl)s1. The minimum atomic E-state index is 0.512. The van der Waals surface area contributed by atoms with Gasteiger partial charge >= 0.3 is 0 Å². The number of rotatable bonds is 7. The van der Waals surface area contributed by atoms with Gasteiger partial charge < -0.3 is 10.1 Å². The lowest BCUT2D eigenvalue weighted by molar-refractivity contribution is 0.344. The predicted octanol–water partition coefficient (Wildman–Crippen LogP) is 6.07. The average Bonchev–Trinajstić information content (AvgIpc) is 3.03. The van der Waals surface area contributed by atoms with Gasteiger partial charge in [-0.25, -0.2) is 0 Å². The van der Waals surface area contributed by atoms with Crippen LogP contribution < -0.4 is 10.1 Å². The van der Waals surface area contributed by atoms with Crippen LogP contribution in [0.5, 0.6) is 5.75 Å². The normalized spacial score (nSPS) is 10.7. The van der Waals surface area contributed by atoms with Crippen LogP contribution in [-0.2, 0) is 0 Å². The number of hydrogen-bond acceptors (Lipinski definition) is 6. The van der Waals surface area contributed by atoms with Gasteiger partial charge in [0, 0.05) is 16.5 Å². The summed E-state index contributed by atoms with van der Waals surface area (Å²) >= 11 is 15.1. The molecule has 0 aliphatic rings. The lowest BCUT2D eigenvalue weighted by Gasteiger charge is -2.07. The van der Waals surface area contributed by atoms with Gasteiger partial charge in [0.05, 0.1) is 11.6 Å². The van der Waals surface area contributed by atoms with Crippen LogP contribution in [0.1, 0.15) is 5.56 Å². The van der Waals surface area contributed by atoms with E-state index in [4.69, 9.17) is 27.9 Å². The second-order valence-corrected chi connectivity index (χ2v) is 8.25. The second kappa shape index (κ2) is 8.76. The van der Waals surface area contributed by atoms with Crippen molar-refractivity contribution in [3.63, 3.8) is 0 Å². The molecule has 0 spiro atoms. The van der Waals surface area contributed by atoms with E-state index in [2.05, 4.69) is 28.5 Å². The van der Waals surface area contributed by atoms with Crippen LogP contribution in [0.25, 0.3) is 0 Å². The molecule has 3 aromatic rings. The van der Waals surface area contributed by atoms with Gasteiger partial charge in [-0.3, -0.25) is 0 Å². The first-order valence-corrected chi connectivity index (χ1v) is 10.0. The molecule has 0 unspecified atom stereocenters. The highest BCUT2D eigenvalue weighted by molar-refractivity contribution is 8.01. The number of thioether (sulfide) groups is 1. The van der Waals surface area contributed by atoms with Gasteiger partial charge in [-0.15, -0.1) is 10.2 Å². The average molecular weight is 412 g/mol. The van der Waals surface area contributed by atoms with E-state index < -0.39 is 0 Å². The topological polar surface area (TPSA) is 47.0 Å². The molecule has 0 saturated carbocycles. The monoisotopic (exact) mass is 411 g/mol. The first kappa shape index (κ1) is 18.3. The molecule has 25 heavy (non-hydrogen) atoms. The smallest absolute Gasteiger partial charge is 0.210 e. The molecule has 1 aromatic heterocycles. The number of aromatic nitrogens is 2. The van der Waals surface area contributed by atoms with Gasteiger partial charge in [0.15, 0.2) is 4.34 Å². The summed E-state index contributed by atoms with van der Waals surface area (Å²) in [6.07, 6.45) is 0. The lowest BCUT2D eigenvalue weighted by Crippen LogP contribution is -2.00. The minimum absolute atomic E-state index is 0.512. The summed E-state index contributed by atoms with van der Waals surface area (Å²) in [6.45, 7) is 2.57. The number of benzene rings is 2. The van der Waals surface area contributed by atoms with Gasteiger partial charge in [0.25, 0.3) is 0 Å². The Bertz CT molecular complexity index is 857. The van der Waals surface area contributed by atoms with Crippen molar-refractivity contribution in [2.75, 3.05) is 17.7 Å². The van der Waals surface area contributed by atoms with Crippen molar-refractivity contribution in [1.29, 1.82) is 0 Å². The van der Waals surface area contributed by atoms with Crippen LogP contribution in [0.15, 0.2) is 46.8 Å². The fourth-order valence-electron chi connectivity index (χ4n) is 2.02. The van der Waals surface area contributed by atoms with E-state index in [1.807, 2.05) is 18.2 Å². The summed E-state index contributed by atoms with van der Waals surface area (Å²) in [6, 6.07) is 13.3. The number of ether oxygens (including phenoxy) is 1. The van der Waals surface area contributed by atoms with Crippen molar-refractivity contribution < 1.29 is 4.74 Å². The van der Waals surface area contributed by atoms with Crippen molar-refractivity contribution in [3.8, 4) is 5.75 Å². The van der Waals surface area contributed by atoms with E-state index in [1.165, 1.54) is 16.9 Å². The number of nitrogens with one attached hydrogen (secondary N) is 1. The first-order valence-electron chi connectivity index (χ1n) is 7.48. The van der Waals surface area contributed by atoms with Crippen molar-refractivity contribution in [3.05, 3.63) is 58.1 Å². The molecule has 3 rings (SSSR count). The van der Waals surface area contributed by atoms with Gasteiger partial charge in [-0.2, -0.15) is 0 Å². The van der Waals surface area contributed by atoms with E-state index in [1.54, 1.807) is 30.0 Å². The van der Waals surface area contributed by atoms with E-state index in [0.29, 0.717) is 22.4 Å². The molecule has 0 radical (unpaired) electrons. The summed E-state index contributed by atoms with van der Waals surface area (Å²) < 4.78 is 6.55. The number of halogens is 2. The molecule has 1 N–H and O–H groups in total. The minimum Gasteiger partial charge on any atom is -0.491 e.